The zero-order valence-corrected chi connectivity index (χ0v) is 12.3. The fraction of sp³-hybridized carbons (Fsp3) is 0.625. The molecule has 0 spiro atoms. The second kappa shape index (κ2) is 5.41. The molecule has 3 heteroatoms. The molecule has 3 unspecified atom stereocenters. The van der Waals surface area contributed by atoms with Crippen molar-refractivity contribution in [3.63, 3.8) is 0 Å². The van der Waals surface area contributed by atoms with Crippen LogP contribution in [0.15, 0.2) is 24.3 Å². The van der Waals surface area contributed by atoms with Gasteiger partial charge in [0, 0.05) is 23.2 Å². The maximum absolute atomic E-state index is 9.76. The Balaban J connectivity index is 2.00. The van der Waals surface area contributed by atoms with E-state index in [0.29, 0.717) is 6.04 Å². The number of hydrogen-bond acceptors (Lipinski definition) is 3. The van der Waals surface area contributed by atoms with Crippen LogP contribution in [0, 0.1) is 5.41 Å². The Labute approximate surface area is 116 Å². The minimum atomic E-state index is -0.204. The maximum Gasteiger partial charge on any atom is 0.121 e. The van der Waals surface area contributed by atoms with E-state index < -0.39 is 0 Å². The second-order valence-corrected chi connectivity index (χ2v) is 6.13. The van der Waals surface area contributed by atoms with Gasteiger partial charge in [0.2, 0.25) is 0 Å². The summed E-state index contributed by atoms with van der Waals surface area (Å²) in [4.78, 5) is 0. The van der Waals surface area contributed by atoms with Crippen molar-refractivity contribution < 1.29 is 9.84 Å². The molecule has 0 heterocycles. The molecule has 2 rings (SSSR count). The third-order valence-corrected chi connectivity index (χ3v) is 4.30. The van der Waals surface area contributed by atoms with E-state index in [-0.39, 0.29) is 17.6 Å². The van der Waals surface area contributed by atoms with Gasteiger partial charge in [-0.05, 0) is 31.9 Å². The fourth-order valence-electron chi connectivity index (χ4n) is 2.32. The number of anilines is 1. The summed E-state index contributed by atoms with van der Waals surface area (Å²) in [5, 5.41) is 13.3. The molecule has 0 bridgehead atoms. The van der Waals surface area contributed by atoms with Crippen LogP contribution in [0.25, 0.3) is 0 Å². The van der Waals surface area contributed by atoms with Gasteiger partial charge in [-0.15, -0.1) is 0 Å². The van der Waals surface area contributed by atoms with Crippen LogP contribution in [0.5, 0.6) is 5.75 Å². The van der Waals surface area contributed by atoms with Crippen molar-refractivity contribution in [3.05, 3.63) is 24.3 Å². The number of ether oxygens (including phenoxy) is 1. The topological polar surface area (TPSA) is 41.5 Å². The first-order chi connectivity index (χ1) is 8.93. The summed E-state index contributed by atoms with van der Waals surface area (Å²) in [6, 6.07) is 8.39. The van der Waals surface area contributed by atoms with E-state index in [0.717, 1.165) is 24.3 Å². The third kappa shape index (κ3) is 3.03. The summed E-state index contributed by atoms with van der Waals surface area (Å²) in [5.74, 6) is 0.900. The van der Waals surface area contributed by atoms with Crippen LogP contribution in [0.3, 0.4) is 0 Å². The number of aliphatic hydroxyl groups excluding tert-OH is 1. The molecule has 3 nitrogen and oxygen atoms in total. The normalized spacial score (nSPS) is 26.4. The SMILES string of the molecule is CCC(C)Oc1cccc(NC2CC(O)C2(C)C)c1. The van der Waals surface area contributed by atoms with Crippen molar-refractivity contribution in [2.45, 2.75) is 58.8 Å². The Bertz CT molecular complexity index is 431. The van der Waals surface area contributed by atoms with Gasteiger partial charge in [0.05, 0.1) is 12.2 Å². The van der Waals surface area contributed by atoms with E-state index in [2.05, 4.69) is 33.0 Å². The molecule has 0 amide bonds. The number of nitrogens with one attached hydrogen (secondary N) is 1. The molecule has 0 saturated heterocycles. The van der Waals surface area contributed by atoms with E-state index in [4.69, 9.17) is 4.74 Å². The van der Waals surface area contributed by atoms with Crippen LogP contribution in [-0.2, 0) is 0 Å². The molecular weight excluding hydrogens is 238 g/mol. The first-order valence-corrected chi connectivity index (χ1v) is 7.14. The number of benzene rings is 1. The van der Waals surface area contributed by atoms with E-state index >= 15 is 0 Å². The highest BCUT2D eigenvalue weighted by Gasteiger charge is 2.47. The van der Waals surface area contributed by atoms with E-state index in [1.807, 2.05) is 24.3 Å². The van der Waals surface area contributed by atoms with Crippen LogP contribution < -0.4 is 10.1 Å². The molecule has 106 valence electrons. The van der Waals surface area contributed by atoms with Gasteiger partial charge in [-0.25, -0.2) is 0 Å². The Hall–Kier alpha value is -1.22. The van der Waals surface area contributed by atoms with Crippen molar-refractivity contribution in [1.29, 1.82) is 0 Å². The predicted octanol–water partition coefficient (Wildman–Crippen LogP) is 3.44. The molecule has 1 aliphatic carbocycles. The molecular formula is C16H25NO2. The Morgan fingerprint density at radius 1 is 1.47 bits per heavy atom. The fourth-order valence-corrected chi connectivity index (χ4v) is 2.32. The van der Waals surface area contributed by atoms with Crippen LogP contribution in [-0.4, -0.2) is 23.4 Å². The first-order valence-electron chi connectivity index (χ1n) is 7.14. The van der Waals surface area contributed by atoms with Crippen LogP contribution in [0.2, 0.25) is 0 Å². The smallest absolute Gasteiger partial charge is 0.121 e. The number of hydrogen-bond donors (Lipinski definition) is 2. The molecule has 1 aliphatic rings. The van der Waals surface area contributed by atoms with Crippen LogP contribution >= 0.6 is 0 Å². The number of aliphatic hydroxyl groups is 1. The molecule has 2 N–H and O–H groups in total. The zero-order chi connectivity index (χ0) is 14.0. The molecule has 1 fully saturated rings. The highest BCUT2D eigenvalue weighted by Crippen LogP contribution is 2.42. The van der Waals surface area contributed by atoms with E-state index in [1.165, 1.54) is 0 Å². The zero-order valence-electron chi connectivity index (χ0n) is 12.3. The maximum atomic E-state index is 9.76. The Morgan fingerprint density at radius 3 is 2.79 bits per heavy atom. The minimum absolute atomic E-state index is 0.0619. The summed E-state index contributed by atoms with van der Waals surface area (Å²) in [7, 11) is 0. The van der Waals surface area contributed by atoms with Gasteiger partial charge in [0.25, 0.3) is 0 Å². The van der Waals surface area contributed by atoms with Crippen molar-refractivity contribution in [3.8, 4) is 5.75 Å². The number of rotatable bonds is 5. The molecule has 0 aliphatic heterocycles. The van der Waals surface area contributed by atoms with Gasteiger partial charge in [-0.3, -0.25) is 0 Å². The van der Waals surface area contributed by atoms with E-state index in [1.54, 1.807) is 0 Å². The molecule has 19 heavy (non-hydrogen) atoms. The first kappa shape index (κ1) is 14.2. The highest BCUT2D eigenvalue weighted by atomic mass is 16.5. The van der Waals surface area contributed by atoms with Gasteiger partial charge in [0.1, 0.15) is 5.75 Å². The second-order valence-electron chi connectivity index (χ2n) is 6.13. The van der Waals surface area contributed by atoms with Crippen molar-refractivity contribution in [2.24, 2.45) is 5.41 Å². The molecule has 0 aromatic heterocycles. The monoisotopic (exact) mass is 263 g/mol. The summed E-state index contributed by atoms with van der Waals surface area (Å²) >= 11 is 0. The summed E-state index contributed by atoms with van der Waals surface area (Å²) in [6.45, 7) is 8.38. The minimum Gasteiger partial charge on any atom is -0.491 e. The molecule has 3 atom stereocenters. The summed E-state index contributed by atoms with van der Waals surface area (Å²) in [5.41, 5.74) is 0.999. The summed E-state index contributed by atoms with van der Waals surface area (Å²) < 4.78 is 5.82. The van der Waals surface area contributed by atoms with Gasteiger partial charge >= 0.3 is 0 Å². The van der Waals surface area contributed by atoms with Crippen LogP contribution in [0.4, 0.5) is 5.69 Å². The van der Waals surface area contributed by atoms with Crippen molar-refractivity contribution in [1.82, 2.24) is 0 Å². The standard InChI is InChI=1S/C16H25NO2/c1-5-11(2)19-13-8-6-7-12(9-13)17-14-10-15(18)16(14,3)4/h6-9,11,14-15,17-18H,5,10H2,1-4H3. The third-order valence-electron chi connectivity index (χ3n) is 4.30. The van der Waals surface area contributed by atoms with Gasteiger partial charge in [-0.2, -0.15) is 0 Å². The summed E-state index contributed by atoms with van der Waals surface area (Å²) in [6.07, 6.45) is 1.84. The average Bonchev–Trinajstić information content (AvgIpc) is 2.38. The molecule has 1 saturated carbocycles. The van der Waals surface area contributed by atoms with Gasteiger partial charge in [0.15, 0.2) is 0 Å². The van der Waals surface area contributed by atoms with Crippen molar-refractivity contribution in [2.75, 3.05) is 5.32 Å². The highest BCUT2D eigenvalue weighted by molar-refractivity contribution is 5.50. The van der Waals surface area contributed by atoms with Gasteiger partial charge < -0.3 is 15.2 Å². The lowest BCUT2D eigenvalue weighted by atomic mass is 9.64. The Morgan fingerprint density at radius 2 is 2.21 bits per heavy atom. The van der Waals surface area contributed by atoms with Gasteiger partial charge in [-0.1, -0.05) is 26.8 Å². The molecule has 0 radical (unpaired) electrons. The quantitative estimate of drug-likeness (QED) is 0.855. The average molecular weight is 263 g/mol. The van der Waals surface area contributed by atoms with Crippen LogP contribution in [0.1, 0.15) is 40.5 Å². The lowest BCUT2D eigenvalue weighted by molar-refractivity contribution is -0.0510. The molecule has 1 aromatic carbocycles. The lowest BCUT2D eigenvalue weighted by Crippen LogP contribution is -2.56. The van der Waals surface area contributed by atoms with Crippen molar-refractivity contribution >= 4 is 5.69 Å². The Kier molecular flexibility index (Phi) is 4.04. The predicted molar refractivity (Wildman–Crippen MR) is 78.6 cm³/mol. The van der Waals surface area contributed by atoms with E-state index in [9.17, 15) is 5.11 Å². The lowest BCUT2D eigenvalue weighted by Gasteiger charge is -2.49. The largest absolute Gasteiger partial charge is 0.491 e. The molecule has 1 aromatic rings.